The molecule has 2 rings (SSSR count). The van der Waals surface area contributed by atoms with Gasteiger partial charge in [-0.25, -0.2) is 4.98 Å². The lowest BCUT2D eigenvalue weighted by Crippen LogP contribution is -2.22. The fourth-order valence-corrected chi connectivity index (χ4v) is 2.46. The van der Waals surface area contributed by atoms with Crippen LogP contribution in [0.15, 0.2) is 42.5 Å². The summed E-state index contributed by atoms with van der Waals surface area (Å²) in [5.74, 6) is 0. The summed E-state index contributed by atoms with van der Waals surface area (Å²) in [6.45, 7) is 2.86. The van der Waals surface area contributed by atoms with E-state index in [1.54, 1.807) is 6.07 Å². The molecule has 0 bridgehead atoms. The van der Waals surface area contributed by atoms with Crippen LogP contribution in [-0.4, -0.2) is 16.9 Å². The molecular weight excluding hydrogens is 279 g/mol. The Morgan fingerprint density at radius 1 is 1.11 bits per heavy atom. The van der Waals surface area contributed by atoms with Crippen LogP contribution in [0, 0.1) is 0 Å². The normalized spacial score (nSPS) is 12.7. The van der Waals surface area contributed by atoms with E-state index in [1.165, 1.54) is 0 Å². The number of rotatable bonds is 4. The number of pyridine rings is 1. The van der Waals surface area contributed by atoms with E-state index in [9.17, 15) is 0 Å². The van der Waals surface area contributed by atoms with Gasteiger partial charge in [-0.15, -0.1) is 0 Å². The van der Waals surface area contributed by atoms with Gasteiger partial charge in [-0.3, -0.25) is 4.90 Å². The van der Waals surface area contributed by atoms with E-state index in [2.05, 4.69) is 29.9 Å². The first-order valence-corrected chi connectivity index (χ1v) is 6.89. The van der Waals surface area contributed by atoms with E-state index >= 15 is 0 Å². The Labute approximate surface area is 124 Å². The van der Waals surface area contributed by atoms with Crippen LogP contribution >= 0.6 is 23.2 Å². The summed E-state index contributed by atoms with van der Waals surface area (Å²) in [5, 5.41) is 1.32. The van der Waals surface area contributed by atoms with Crippen molar-refractivity contribution < 1.29 is 0 Å². The molecule has 19 heavy (non-hydrogen) atoms. The minimum Gasteiger partial charge on any atom is -0.294 e. The van der Waals surface area contributed by atoms with Gasteiger partial charge in [0.15, 0.2) is 0 Å². The van der Waals surface area contributed by atoms with Crippen LogP contribution in [-0.2, 0) is 6.54 Å². The molecular formula is C15H16Cl2N2. The predicted octanol–water partition coefficient (Wildman–Crippen LogP) is 4.58. The molecule has 2 aromatic rings. The molecule has 0 aliphatic heterocycles. The van der Waals surface area contributed by atoms with Gasteiger partial charge >= 0.3 is 0 Å². The van der Waals surface area contributed by atoms with Crippen LogP contribution in [0.4, 0.5) is 0 Å². The van der Waals surface area contributed by atoms with Crippen molar-refractivity contribution in [2.24, 2.45) is 0 Å². The first kappa shape index (κ1) is 14.3. The van der Waals surface area contributed by atoms with Gasteiger partial charge in [0, 0.05) is 17.6 Å². The minimum absolute atomic E-state index is 0.217. The monoisotopic (exact) mass is 294 g/mol. The lowest BCUT2D eigenvalue weighted by molar-refractivity contribution is 0.250. The van der Waals surface area contributed by atoms with E-state index in [4.69, 9.17) is 23.2 Å². The Kier molecular flexibility index (Phi) is 4.81. The van der Waals surface area contributed by atoms with Crippen molar-refractivity contribution in [2.75, 3.05) is 7.05 Å². The second-order valence-corrected chi connectivity index (χ2v) is 5.36. The highest BCUT2D eigenvalue weighted by Crippen LogP contribution is 2.27. The van der Waals surface area contributed by atoms with Crippen LogP contribution in [0.3, 0.4) is 0 Å². The molecule has 2 nitrogen and oxygen atoms in total. The van der Waals surface area contributed by atoms with Gasteiger partial charge in [-0.2, -0.15) is 0 Å². The molecule has 1 heterocycles. The number of hydrogen-bond donors (Lipinski definition) is 0. The summed E-state index contributed by atoms with van der Waals surface area (Å²) in [5.41, 5.74) is 2.07. The molecule has 0 saturated heterocycles. The third-order valence-corrected chi connectivity index (χ3v) is 3.76. The highest BCUT2D eigenvalue weighted by atomic mass is 35.5. The molecule has 0 N–H and O–H groups in total. The highest BCUT2D eigenvalue weighted by molar-refractivity contribution is 6.31. The van der Waals surface area contributed by atoms with Gasteiger partial charge in [-0.05, 0) is 37.7 Å². The molecule has 4 heteroatoms. The van der Waals surface area contributed by atoms with Gasteiger partial charge in [0.05, 0.1) is 5.69 Å². The number of nitrogens with zero attached hydrogens (tertiary/aromatic N) is 2. The smallest absolute Gasteiger partial charge is 0.129 e. The van der Waals surface area contributed by atoms with E-state index in [0.717, 1.165) is 22.8 Å². The maximum atomic E-state index is 6.23. The zero-order valence-corrected chi connectivity index (χ0v) is 12.5. The number of halogens is 2. The van der Waals surface area contributed by atoms with Crippen LogP contribution in [0.2, 0.25) is 10.2 Å². The second kappa shape index (κ2) is 6.38. The fraction of sp³-hybridized carbons (Fsp3) is 0.267. The summed E-state index contributed by atoms with van der Waals surface area (Å²) in [6, 6.07) is 13.8. The Morgan fingerprint density at radius 2 is 1.84 bits per heavy atom. The molecule has 0 radical (unpaired) electrons. The SMILES string of the molecule is CC(c1ccccc1Cl)N(C)Cc1cccc(Cl)n1. The summed E-state index contributed by atoms with van der Waals surface area (Å²) in [7, 11) is 2.05. The Morgan fingerprint density at radius 3 is 2.53 bits per heavy atom. The lowest BCUT2D eigenvalue weighted by Gasteiger charge is -2.25. The zero-order chi connectivity index (χ0) is 13.8. The lowest BCUT2D eigenvalue weighted by atomic mass is 10.1. The van der Waals surface area contributed by atoms with Crippen molar-refractivity contribution in [1.82, 2.24) is 9.88 Å². The van der Waals surface area contributed by atoms with Gasteiger partial charge in [-0.1, -0.05) is 47.5 Å². The molecule has 0 fully saturated rings. The summed E-state index contributed by atoms with van der Waals surface area (Å²) >= 11 is 12.1. The number of aromatic nitrogens is 1. The van der Waals surface area contributed by atoms with Gasteiger partial charge in [0.25, 0.3) is 0 Å². The summed E-state index contributed by atoms with van der Waals surface area (Å²) in [4.78, 5) is 6.50. The predicted molar refractivity (Wildman–Crippen MR) is 80.6 cm³/mol. The zero-order valence-electron chi connectivity index (χ0n) is 11.0. The molecule has 0 saturated carbocycles. The van der Waals surface area contributed by atoms with Crippen molar-refractivity contribution in [3.8, 4) is 0 Å². The second-order valence-electron chi connectivity index (χ2n) is 4.56. The van der Waals surface area contributed by atoms with Crippen LogP contribution in [0.25, 0.3) is 0 Å². The fourth-order valence-electron chi connectivity index (χ4n) is 1.98. The maximum Gasteiger partial charge on any atom is 0.129 e. The number of benzene rings is 1. The standard InChI is InChI=1S/C15H16Cl2N2/c1-11(13-7-3-4-8-14(13)16)19(2)10-12-6-5-9-15(17)18-12/h3-9,11H,10H2,1-2H3. The van der Waals surface area contributed by atoms with E-state index in [-0.39, 0.29) is 6.04 Å². The molecule has 1 aromatic heterocycles. The van der Waals surface area contributed by atoms with Gasteiger partial charge < -0.3 is 0 Å². The van der Waals surface area contributed by atoms with Gasteiger partial charge in [0.2, 0.25) is 0 Å². The van der Waals surface area contributed by atoms with Crippen LogP contribution in [0.1, 0.15) is 24.2 Å². The van der Waals surface area contributed by atoms with Crippen molar-refractivity contribution >= 4 is 23.2 Å². The van der Waals surface area contributed by atoms with Gasteiger partial charge in [0.1, 0.15) is 5.15 Å². The maximum absolute atomic E-state index is 6.23. The molecule has 0 aliphatic rings. The van der Waals surface area contributed by atoms with Crippen molar-refractivity contribution in [3.63, 3.8) is 0 Å². The summed E-state index contributed by atoms with van der Waals surface area (Å²) in [6.07, 6.45) is 0. The third kappa shape index (κ3) is 3.69. The molecule has 1 aromatic carbocycles. The third-order valence-electron chi connectivity index (χ3n) is 3.20. The average Bonchev–Trinajstić information content (AvgIpc) is 2.38. The highest BCUT2D eigenvalue weighted by Gasteiger charge is 2.15. The van der Waals surface area contributed by atoms with Crippen LogP contribution in [0.5, 0.6) is 0 Å². The quantitative estimate of drug-likeness (QED) is 0.767. The molecule has 100 valence electrons. The first-order chi connectivity index (χ1) is 9.08. The van der Waals surface area contributed by atoms with E-state index in [1.807, 2.05) is 30.3 Å². The summed E-state index contributed by atoms with van der Waals surface area (Å²) < 4.78 is 0. The largest absolute Gasteiger partial charge is 0.294 e. The van der Waals surface area contributed by atoms with Crippen molar-refractivity contribution in [1.29, 1.82) is 0 Å². The average molecular weight is 295 g/mol. The topological polar surface area (TPSA) is 16.1 Å². The Balaban J connectivity index is 2.12. The Bertz CT molecular complexity index is 557. The van der Waals surface area contributed by atoms with E-state index < -0.39 is 0 Å². The Hall–Kier alpha value is -1.09. The van der Waals surface area contributed by atoms with Crippen molar-refractivity contribution in [2.45, 2.75) is 19.5 Å². The molecule has 0 spiro atoms. The molecule has 1 atom stereocenters. The molecule has 1 unspecified atom stereocenters. The van der Waals surface area contributed by atoms with Crippen LogP contribution < -0.4 is 0 Å². The van der Waals surface area contributed by atoms with Crippen molar-refractivity contribution in [3.05, 3.63) is 63.9 Å². The minimum atomic E-state index is 0.217. The van der Waals surface area contributed by atoms with E-state index in [0.29, 0.717) is 5.15 Å². The molecule has 0 aliphatic carbocycles. The molecule has 0 amide bonds. The first-order valence-electron chi connectivity index (χ1n) is 6.14. The number of hydrogen-bond acceptors (Lipinski definition) is 2.